The van der Waals surface area contributed by atoms with Crippen LogP contribution >= 0.6 is 0 Å². The number of piperidine rings is 1. The molecule has 1 aliphatic carbocycles. The zero-order valence-electron chi connectivity index (χ0n) is 16.1. The molecule has 2 aliphatic rings. The minimum atomic E-state index is -0.0288. The summed E-state index contributed by atoms with van der Waals surface area (Å²) in [6.07, 6.45) is 9.33. The van der Waals surface area contributed by atoms with Crippen LogP contribution in [0.5, 0.6) is 0 Å². The Morgan fingerprint density at radius 3 is 2.38 bits per heavy atom. The Kier molecular flexibility index (Phi) is 6.28. The highest BCUT2D eigenvalue weighted by atomic mass is 16.2. The fourth-order valence-corrected chi connectivity index (χ4v) is 4.03. The van der Waals surface area contributed by atoms with Crippen LogP contribution in [0, 0.1) is 11.8 Å². The molecule has 3 rings (SSSR count). The summed E-state index contributed by atoms with van der Waals surface area (Å²) in [5.74, 6) is 0.304. The number of carbonyl (C=O) groups is 2. The minimum absolute atomic E-state index is 0.0200. The van der Waals surface area contributed by atoms with Crippen molar-refractivity contribution in [1.82, 2.24) is 9.47 Å². The zero-order chi connectivity index (χ0) is 18.5. The average Bonchev–Trinajstić information content (AvgIpc) is 2.68. The van der Waals surface area contributed by atoms with E-state index in [0.29, 0.717) is 19.1 Å². The molecule has 26 heavy (non-hydrogen) atoms. The molecule has 1 aromatic heterocycles. The Bertz CT molecular complexity index is 693. The molecule has 0 unspecified atom stereocenters. The van der Waals surface area contributed by atoms with Crippen molar-refractivity contribution in [2.45, 2.75) is 64.8 Å². The number of hydrogen-bond acceptors (Lipinski definition) is 3. The SMILES string of the molecule is CC(C)C(=O)N1CCC(C(=O)n2ccccc2=NC2CCCCC2)CC1. The van der Waals surface area contributed by atoms with Gasteiger partial charge in [-0.15, -0.1) is 0 Å². The molecule has 2 heterocycles. The first kappa shape index (κ1) is 18.9. The van der Waals surface area contributed by atoms with E-state index >= 15 is 0 Å². The van der Waals surface area contributed by atoms with Gasteiger partial charge in [-0.1, -0.05) is 39.2 Å². The summed E-state index contributed by atoms with van der Waals surface area (Å²) in [7, 11) is 0. The van der Waals surface area contributed by atoms with Crippen LogP contribution in [0.4, 0.5) is 0 Å². The molecule has 0 radical (unpaired) electrons. The van der Waals surface area contributed by atoms with Crippen LogP contribution in [0.2, 0.25) is 0 Å². The van der Waals surface area contributed by atoms with E-state index in [4.69, 9.17) is 4.99 Å². The second-order valence-corrected chi connectivity index (χ2v) is 7.94. The van der Waals surface area contributed by atoms with Gasteiger partial charge in [0.25, 0.3) is 0 Å². The summed E-state index contributed by atoms with van der Waals surface area (Å²) in [6, 6.07) is 6.14. The van der Waals surface area contributed by atoms with Crippen molar-refractivity contribution < 1.29 is 9.59 Å². The lowest BCUT2D eigenvalue weighted by molar-refractivity contribution is -0.135. The quantitative estimate of drug-likeness (QED) is 0.834. The fourth-order valence-electron chi connectivity index (χ4n) is 4.03. The Hall–Kier alpha value is -1.91. The van der Waals surface area contributed by atoms with Gasteiger partial charge in [-0.05, 0) is 37.8 Å². The van der Waals surface area contributed by atoms with Crippen LogP contribution in [0.1, 0.15) is 63.6 Å². The second-order valence-electron chi connectivity index (χ2n) is 7.94. The van der Waals surface area contributed by atoms with Crippen LogP contribution in [-0.2, 0) is 4.79 Å². The zero-order valence-corrected chi connectivity index (χ0v) is 16.1. The smallest absolute Gasteiger partial charge is 0.235 e. The van der Waals surface area contributed by atoms with E-state index < -0.39 is 0 Å². The molecule has 1 saturated heterocycles. The van der Waals surface area contributed by atoms with Crippen molar-refractivity contribution in [1.29, 1.82) is 0 Å². The maximum absolute atomic E-state index is 13.1. The number of amides is 1. The molecule has 1 aromatic rings. The molecule has 1 amide bonds. The van der Waals surface area contributed by atoms with E-state index in [1.165, 1.54) is 19.3 Å². The Morgan fingerprint density at radius 2 is 1.73 bits per heavy atom. The third-order valence-electron chi connectivity index (χ3n) is 5.62. The van der Waals surface area contributed by atoms with Crippen LogP contribution in [0.15, 0.2) is 29.4 Å². The van der Waals surface area contributed by atoms with Crippen LogP contribution < -0.4 is 5.49 Å². The molecule has 5 nitrogen and oxygen atoms in total. The van der Waals surface area contributed by atoms with E-state index in [0.717, 1.165) is 31.2 Å². The van der Waals surface area contributed by atoms with E-state index in [1.54, 1.807) is 4.57 Å². The first-order chi connectivity index (χ1) is 12.6. The second kappa shape index (κ2) is 8.65. The summed E-state index contributed by atoms with van der Waals surface area (Å²) >= 11 is 0. The number of carbonyl (C=O) groups excluding carboxylic acids is 2. The molecule has 0 spiro atoms. The molecule has 0 aromatic carbocycles. The number of likely N-dealkylation sites (tertiary alicyclic amines) is 1. The lowest BCUT2D eigenvalue weighted by Gasteiger charge is -2.32. The van der Waals surface area contributed by atoms with Crippen molar-refractivity contribution in [3.8, 4) is 0 Å². The Labute approximate surface area is 156 Å². The third-order valence-corrected chi connectivity index (χ3v) is 5.62. The van der Waals surface area contributed by atoms with Gasteiger partial charge in [0.15, 0.2) is 0 Å². The molecule has 0 N–H and O–H groups in total. The van der Waals surface area contributed by atoms with Crippen molar-refractivity contribution in [3.63, 3.8) is 0 Å². The fraction of sp³-hybridized carbons (Fsp3) is 0.667. The largest absolute Gasteiger partial charge is 0.342 e. The first-order valence-corrected chi connectivity index (χ1v) is 10.1. The lowest BCUT2D eigenvalue weighted by Crippen LogP contribution is -2.44. The van der Waals surface area contributed by atoms with Gasteiger partial charge in [-0.2, -0.15) is 0 Å². The molecule has 5 heteroatoms. The van der Waals surface area contributed by atoms with Gasteiger partial charge >= 0.3 is 0 Å². The van der Waals surface area contributed by atoms with E-state index in [1.807, 2.05) is 43.1 Å². The number of pyridine rings is 1. The summed E-state index contributed by atoms with van der Waals surface area (Å²) < 4.78 is 1.74. The third kappa shape index (κ3) is 4.43. The van der Waals surface area contributed by atoms with Gasteiger partial charge in [-0.3, -0.25) is 19.1 Å². The van der Waals surface area contributed by atoms with Crippen molar-refractivity contribution in [3.05, 3.63) is 29.9 Å². The highest BCUT2D eigenvalue weighted by molar-refractivity contribution is 5.82. The minimum Gasteiger partial charge on any atom is -0.342 e. The lowest BCUT2D eigenvalue weighted by atomic mass is 9.95. The predicted molar refractivity (Wildman–Crippen MR) is 102 cm³/mol. The molecule has 0 atom stereocenters. The van der Waals surface area contributed by atoms with E-state index in [-0.39, 0.29) is 23.7 Å². The number of nitrogens with zero attached hydrogens (tertiary/aromatic N) is 3. The molecule has 2 fully saturated rings. The summed E-state index contributed by atoms with van der Waals surface area (Å²) in [6.45, 7) is 5.21. The standard InChI is InChI=1S/C21H31N3O2/c1-16(2)20(25)23-14-11-17(12-15-23)21(26)24-13-7-6-10-19(24)22-18-8-4-3-5-9-18/h6-7,10,13,16-18H,3-5,8-9,11-12,14-15H2,1-2H3. The highest BCUT2D eigenvalue weighted by Gasteiger charge is 2.29. The van der Waals surface area contributed by atoms with Crippen LogP contribution in [0.25, 0.3) is 0 Å². The first-order valence-electron chi connectivity index (χ1n) is 10.1. The van der Waals surface area contributed by atoms with Crippen LogP contribution in [0.3, 0.4) is 0 Å². The number of aromatic nitrogens is 1. The van der Waals surface area contributed by atoms with Crippen molar-refractivity contribution in [2.75, 3.05) is 13.1 Å². The van der Waals surface area contributed by atoms with Crippen molar-refractivity contribution in [2.24, 2.45) is 16.8 Å². The summed E-state index contributed by atoms with van der Waals surface area (Å²) in [5.41, 5.74) is 0.782. The summed E-state index contributed by atoms with van der Waals surface area (Å²) in [5, 5.41) is 0. The van der Waals surface area contributed by atoms with Gasteiger partial charge in [-0.25, -0.2) is 0 Å². The highest BCUT2D eigenvalue weighted by Crippen LogP contribution is 2.21. The topological polar surface area (TPSA) is 54.7 Å². The Morgan fingerprint density at radius 1 is 1.04 bits per heavy atom. The maximum atomic E-state index is 13.1. The average molecular weight is 357 g/mol. The van der Waals surface area contributed by atoms with E-state index in [9.17, 15) is 9.59 Å². The molecular formula is C21H31N3O2. The number of hydrogen-bond donors (Lipinski definition) is 0. The van der Waals surface area contributed by atoms with Gasteiger partial charge < -0.3 is 4.90 Å². The molecule has 1 saturated carbocycles. The van der Waals surface area contributed by atoms with Gasteiger partial charge in [0.2, 0.25) is 11.8 Å². The van der Waals surface area contributed by atoms with Gasteiger partial charge in [0.1, 0.15) is 5.49 Å². The van der Waals surface area contributed by atoms with Crippen LogP contribution in [-0.4, -0.2) is 40.4 Å². The normalized spacial score (nSPS) is 20.6. The predicted octanol–water partition coefficient (Wildman–Crippen LogP) is 3.26. The molecular weight excluding hydrogens is 326 g/mol. The monoisotopic (exact) mass is 357 g/mol. The maximum Gasteiger partial charge on any atom is 0.235 e. The van der Waals surface area contributed by atoms with Crippen molar-refractivity contribution >= 4 is 11.8 Å². The van der Waals surface area contributed by atoms with Gasteiger partial charge in [0, 0.05) is 31.1 Å². The molecule has 142 valence electrons. The van der Waals surface area contributed by atoms with E-state index in [2.05, 4.69) is 0 Å². The molecule has 0 bridgehead atoms. The molecule has 1 aliphatic heterocycles. The summed E-state index contributed by atoms with van der Waals surface area (Å²) in [4.78, 5) is 32.0. The number of rotatable bonds is 3. The Balaban J connectivity index is 1.71. The van der Waals surface area contributed by atoms with Gasteiger partial charge in [0.05, 0.1) is 6.04 Å².